The number of rotatable bonds is 5. The molecule has 1 heterocycles. The van der Waals surface area contributed by atoms with Gasteiger partial charge in [0.2, 0.25) is 5.90 Å². The summed E-state index contributed by atoms with van der Waals surface area (Å²) in [4.78, 5) is 6.13. The van der Waals surface area contributed by atoms with Gasteiger partial charge in [0.15, 0.2) is 9.79 Å². The van der Waals surface area contributed by atoms with Crippen LogP contribution in [0.5, 0.6) is 5.75 Å². The lowest BCUT2D eigenvalue weighted by atomic mass is 10.1. The van der Waals surface area contributed by atoms with E-state index in [0.29, 0.717) is 22.3 Å². The van der Waals surface area contributed by atoms with Crippen LogP contribution in [0.15, 0.2) is 93.6 Å². The number of methoxy groups -OCH3 is 1. The Hall–Kier alpha value is -2.76. The SMILES string of the molecule is COc1ccc([S+]([O-])c2ccccc2C2=N[C@H](c3ccccc3)CO2)cc1. The van der Waals surface area contributed by atoms with Crippen molar-refractivity contribution in [2.45, 2.75) is 15.8 Å². The molecule has 0 N–H and O–H groups in total. The van der Waals surface area contributed by atoms with Gasteiger partial charge in [-0.3, -0.25) is 0 Å². The van der Waals surface area contributed by atoms with Crippen molar-refractivity contribution in [1.82, 2.24) is 0 Å². The smallest absolute Gasteiger partial charge is 0.222 e. The van der Waals surface area contributed by atoms with Gasteiger partial charge in [-0.05, 0) is 42.0 Å². The standard InChI is InChI=1S/C22H19NO3S/c1-25-17-11-13-18(14-12-17)27(24)21-10-6-5-9-19(21)22-23-20(15-26-22)16-7-3-2-4-8-16/h2-14,20H,15H2,1H3/t20-,27?/m0/s1. The summed E-state index contributed by atoms with van der Waals surface area (Å²) in [6, 6.07) is 24.8. The maximum absolute atomic E-state index is 13.1. The zero-order chi connectivity index (χ0) is 18.6. The van der Waals surface area contributed by atoms with E-state index < -0.39 is 11.2 Å². The van der Waals surface area contributed by atoms with Crippen molar-refractivity contribution >= 4 is 17.1 Å². The van der Waals surface area contributed by atoms with Gasteiger partial charge in [0.05, 0.1) is 12.7 Å². The molecule has 136 valence electrons. The lowest BCUT2D eigenvalue weighted by Gasteiger charge is -2.13. The molecule has 4 nitrogen and oxygen atoms in total. The minimum Gasteiger partial charge on any atom is -0.606 e. The summed E-state index contributed by atoms with van der Waals surface area (Å²) in [5, 5.41) is 0. The summed E-state index contributed by atoms with van der Waals surface area (Å²) in [7, 11) is 1.61. The number of hydrogen-bond donors (Lipinski definition) is 0. The maximum Gasteiger partial charge on any atom is 0.222 e. The zero-order valence-corrected chi connectivity index (χ0v) is 15.7. The molecule has 0 bridgehead atoms. The molecule has 3 aromatic rings. The molecule has 1 unspecified atom stereocenters. The van der Waals surface area contributed by atoms with Crippen LogP contribution in [0.3, 0.4) is 0 Å². The molecular formula is C22H19NO3S. The highest BCUT2D eigenvalue weighted by molar-refractivity contribution is 7.91. The summed E-state index contributed by atoms with van der Waals surface area (Å²) < 4.78 is 24.2. The van der Waals surface area contributed by atoms with E-state index in [2.05, 4.69) is 0 Å². The van der Waals surface area contributed by atoms with Crippen LogP contribution in [0.4, 0.5) is 0 Å². The first kappa shape index (κ1) is 17.6. The van der Waals surface area contributed by atoms with Gasteiger partial charge in [0.25, 0.3) is 0 Å². The van der Waals surface area contributed by atoms with Crippen molar-refractivity contribution in [3.63, 3.8) is 0 Å². The van der Waals surface area contributed by atoms with E-state index in [1.807, 2.05) is 78.9 Å². The molecule has 0 spiro atoms. The van der Waals surface area contributed by atoms with E-state index in [9.17, 15) is 4.55 Å². The van der Waals surface area contributed by atoms with Gasteiger partial charge in [-0.1, -0.05) is 42.5 Å². The Labute approximate surface area is 161 Å². The van der Waals surface area contributed by atoms with Crippen LogP contribution in [0.2, 0.25) is 0 Å². The Bertz CT molecular complexity index is 941. The summed E-state index contributed by atoms with van der Waals surface area (Å²) in [5.41, 5.74) is 1.88. The molecule has 2 atom stereocenters. The molecule has 5 heteroatoms. The fourth-order valence-electron chi connectivity index (χ4n) is 3.00. The Morgan fingerprint density at radius 3 is 2.41 bits per heavy atom. The van der Waals surface area contributed by atoms with Crippen LogP contribution in [0.1, 0.15) is 17.2 Å². The largest absolute Gasteiger partial charge is 0.606 e. The van der Waals surface area contributed by atoms with Crippen molar-refractivity contribution < 1.29 is 14.0 Å². The highest BCUT2D eigenvalue weighted by atomic mass is 32.2. The Morgan fingerprint density at radius 2 is 1.67 bits per heavy atom. The van der Waals surface area contributed by atoms with Gasteiger partial charge >= 0.3 is 0 Å². The topological polar surface area (TPSA) is 53.9 Å². The number of nitrogens with zero attached hydrogens (tertiary/aromatic N) is 1. The molecule has 27 heavy (non-hydrogen) atoms. The van der Waals surface area contributed by atoms with Crippen molar-refractivity contribution in [3.05, 3.63) is 90.0 Å². The minimum absolute atomic E-state index is 0.0383. The highest BCUT2D eigenvalue weighted by Crippen LogP contribution is 2.30. The van der Waals surface area contributed by atoms with Crippen molar-refractivity contribution in [2.75, 3.05) is 13.7 Å². The summed E-state index contributed by atoms with van der Waals surface area (Å²) in [5.74, 6) is 1.28. The molecule has 0 aromatic heterocycles. The molecule has 0 fully saturated rings. The monoisotopic (exact) mass is 377 g/mol. The van der Waals surface area contributed by atoms with Gasteiger partial charge in [0.1, 0.15) is 18.4 Å². The van der Waals surface area contributed by atoms with Crippen LogP contribution >= 0.6 is 0 Å². The van der Waals surface area contributed by atoms with Crippen LogP contribution in [0.25, 0.3) is 0 Å². The zero-order valence-electron chi connectivity index (χ0n) is 14.9. The fraction of sp³-hybridized carbons (Fsp3) is 0.136. The maximum atomic E-state index is 13.1. The predicted molar refractivity (Wildman–Crippen MR) is 106 cm³/mol. The Balaban J connectivity index is 1.65. The van der Waals surface area contributed by atoms with E-state index in [-0.39, 0.29) is 6.04 Å². The van der Waals surface area contributed by atoms with E-state index in [4.69, 9.17) is 14.5 Å². The molecule has 0 radical (unpaired) electrons. The Morgan fingerprint density at radius 1 is 0.963 bits per heavy atom. The number of benzene rings is 3. The van der Waals surface area contributed by atoms with E-state index >= 15 is 0 Å². The molecule has 1 aliphatic rings. The van der Waals surface area contributed by atoms with Crippen LogP contribution in [0, 0.1) is 0 Å². The first-order valence-electron chi connectivity index (χ1n) is 8.67. The molecule has 1 aliphatic heterocycles. The predicted octanol–water partition coefficient (Wildman–Crippen LogP) is 4.38. The molecule has 4 rings (SSSR count). The van der Waals surface area contributed by atoms with E-state index in [1.54, 1.807) is 7.11 Å². The van der Waals surface area contributed by atoms with Gasteiger partial charge in [0, 0.05) is 11.2 Å². The summed E-state index contributed by atoms with van der Waals surface area (Å²) in [6.07, 6.45) is 0. The number of hydrogen-bond acceptors (Lipinski definition) is 4. The first-order chi connectivity index (χ1) is 13.3. The molecule has 3 aromatic carbocycles. The van der Waals surface area contributed by atoms with Gasteiger partial charge < -0.3 is 14.0 Å². The second kappa shape index (κ2) is 7.86. The van der Waals surface area contributed by atoms with Gasteiger partial charge in [-0.2, -0.15) is 0 Å². The van der Waals surface area contributed by atoms with Crippen molar-refractivity contribution in [2.24, 2.45) is 4.99 Å². The van der Waals surface area contributed by atoms with Crippen LogP contribution < -0.4 is 4.74 Å². The molecule has 0 saturated heterocycles. The Kier molecular flexibility index (Phi) is 5.14. The lowest BCUT2D eigenvalue weighted by Crippen LogP contribution is -2.11. The third-order valence-electron chi connectivity index (χ3n) is 4.43. The van der Waals surface area contributed by atoms with Crippen LogP contribution in [-0.4, -0.2) is 24.2 Å². The minimum atomic E-state index is -1.34. The highest BCUT2D eigenvalue weighted by Gasteiger charge is 2.27. The second-order valence-electron chi connectivity index (χ2n) is 6.11. The first-order valence-corrected chi connectivity index (χ1v) is 9.82. The quantitative estimate of drug-likeness (QED) is 0.620. The van der Waals surface area contributed by atoms with Gasteiger partial charge in [-0.25, -0.2) is 4.99 Å². The molecule has 0 amide bonds. The van der Waals surface area contributed by atoms with E-state index in [0.717, 1.165) is 16.9 Å². The third-order valence-corrected chi connectivity index (χ3v) is 5.88. The van der Waals surface area contributed by atoms with E-state index in [1.165, 1.54) is 0 Å². The summed E-state index contributed by atoms with van der Waals surface area (Å²) in [6.45, 7) is 0.489. The average Bonchev–Trinajstić information content (AvgIpc) is 3.24. The average molecular weight is 377 g/mol. The normalized spacial score (nSPS) is 17.1. The molecular weight excluding hydrogens is 358 g/mol. The molecule has 0 saturated carbocycles. The fourth-order valence-corrected chi connectivity index (χ4v) is 4.19. The van der Waals surface area contributed by atoms with Crippen molar-refractivity contribution in [1.29, 1.82) is 0 Å². The number of aliphatic imine (C=N–C) groups is 1. The lowest BCUT2D eigenvalue weighted by molar-refractivity contribution is 0.319. The second-order valence-corrected chi connectivity index (χ2v) is 7.56. The van der Waals surface area contributed by atoms with Crippen LogP contribution in [-0.2, 0) is 15.9 Å². The summed E-state index contributed by atoms with van der Waals surface area (Å²) >= 11 is -1.34. The van der Waals surface area contributed by atoms with Gasteiger partial charge in [-0.15, -0.1) is 0 Å². The number of ether oxygens (including phenoxy) is 2. The van der Waals surface area contributed by atoms with Crippen molar-refractivity contribution in [3.8, 4) is 5.75 Å². The third kappa shape index (κ3) is 3.70. The molecule has 0 aliphatic carbocycles.